The molecular weight excluding hydrogens is 362 g/mol. The molecule has 26 heavy (non-hydrogen) atoms. The number of nitrogens with zero attached hydrogens (tertiary/aromatic N) is 2. The normalized spacial score (nSPS) is 19.8. The molecule has 6 heteroatoms. The van der Waals surface area contributed by atoms with Gasteiger partial charge < -0.3 is 5.32 Å². The lowest BCUT2D eigenvalue weighted by Gasteiger charge is -2.13. The van der Waals surface area contributed by atoms with Crippen LogP contribution in [0, 0.1) is 13.8 Å². The topological polar surface area (TPSA) is 54.9 Å². The average Bonchev–Trinajstić information content (AvgIpc) is 3.35. The lowest BCUT2D eigenvalue weighted by molar-refractivity contribution is -0.120. The molecule has 4 rings (SSSR count). The summed E-state index contributed by atoms with van der Waals surface area (Å²) in [5, 5.41) is 7.47. The SMILES string of the molecule is Cc1nc(C)c(-c2csc(CC(=O)[C@H]3CC[C@@H](c4ccccc4)N3)n2)s1. The van der Waals surface area contributed by atoms with Gasteiger partial charge in [-0.3, -0.25) is 4.79 Å². The summed E-state index contributed by atoms with van der Waals surface area (Å²) in [7, 11) is 0. The number of ketones is 1. The van der Waals surface area contributed by atoms with Crippen LogP contribution >= 0.6 is 22.7 Å². The molecule has 1 N–H and O–H groups in total. The lowest BCUT2D eigenvalue weighted by atomic mass is 10.0. The fourth-order valence-electron chi connectivity index (χ4n) is 3.48. The van der Waals surface area contributed by atoms with Gasteiger partial charge in [-0.05, 0) is 32.3 Å². The molecule has 0 aliphatic carbocycles. The van der Waals surface area contributed by atoms with Gasteiger partial charge in [-0.1, -0.05) is 30.3 Å². The first kappa shape index (κ1) is 17.5. The molecule has 3 aromatic rings. The maximum atomic E-state index is 12.7. The van der Waals surface area contributed by atoms with Crippen molar-refractivity contribution in [1.82, 2.24) is 15.3 Å². The van der Waals surface area contributed by atoms with Crippen LogP contribution in [-0.4, -0.2) is 21.8 Å². The van der Waals surface area contributed by atoms with Crippen LogP contribution in [0.5, 0.6) is 0 Å². The third-order valence-electron chi connectivity index (χ3n) is 4.75. The molecule has 1 aliphatic rings. The number of rotatable bonds is 5. The van der Waals surface area contributed by atoms with E-state index in [1.165, 1.54) is 5.56 Å². The maximum Gasteiger partial charge on any atom is 0.156 e. The summed E-state index contributed by atoms with van der Waals surface area (Å²) in [6.07, 6.45) is 2.30. The van der Waals surface area contributed by atoms with E-state index in [-0.39, 0.29) is 17.9 Å². The zero-order chi connectivity index (χ0) is 18.1. The highest BCUT2D eigenvalue weighted by Crippen LogP contribution is 2.31. The smallest absolute Gasteiger partial charge is 0.156 e. The number of carbonyl (C=O) groups excluding carboxylic acids is 1. The number of hydrogen-bond acceptors (Lipinski definition) is 6. The Kier molecular flexibility index (Phi) is 4.98. The standard InChI is InChI=1S/C20H21N3OS2/c1-12-20(26-13(2)21-12)17-11-25-19(23-17)10-18(24)16-9-8-15(22-16)14-6-4-3-5-7-14/h3-7,11,15-16,22H,8-10H2,1-2H3/t15-,16+/m0/s1. The Bertz CT molecular complexity index is 916. The Morgan fingerprint density at radius 2 is 2.00 bits per heavy atom. The molecular formula is C20H21N3OS2. The van der Waals surface area contributed by atoms with Gasteiger partial charge in [0.2, 0.25) is 0 Å². The number of benzene rings is 1. The van der Waals surface area contributed by atoms with Gasteiger partial charge in [-0.25, -0.2) is 9.97 Å². The van der Waals surface area contributed by atoms with E-state index < -0.39 is 0 Å². The lowest BCUT2D eigenvalue weighted by Crippen LogP contribution is -2.33. The van der Waals surface area contributed by atoms with Crippen LogP contribution < -0.4 is 5.32 Å². The zero-order valence-electron chi connectivity index (χ0n) is 14.9. The summed E-state index contributed by atoms with van der Waals surface area (Å²) in [5.74, 6) is 0.238. The summed E-state index contributed by atoms with van der Waals surface area (Å²) in [6, 6.07) is 10.6. The summed E-state index contributed by atoms with van der Waals surface area (Å²) in [4.78, 5) is 23.0. The molecule has 1 fully saturated rings. The van der Waals surface area contributed by atoms with Gasteiger partial charge in [0, 0.05) is 11.4 Å². The Morgan fingerprint density at radius 3 is 2.73 bits per heavy atom. The highest BCUT2D eigenvalue weighted by Gasteiger charge is 2.30. The maximum absolute atomic E-state index is 12.7. The van der Waals surface area contributed by atoms with E-state index in [2.05, 4.69) is 27.4 Å². The Hall–Kier alpha value is -1.89. The third-order valence-corrected chi connectivity index (χ3v) is 6.69. The van der Waals surface area contributed by atoms with Crippen molar-refractivity contribution in [2.45, 2.75) is 45.2 Å². The van der Waals surface area contributed by atoms with Crippen molar-refractivity contribution in [1.29, 1.82) is 0 Å². The molecule has 0 spiro atoms. The minimum absolute atomic E-state index is 0.0695. The monoisotopic (exact) mass is 383 g/mol. The van der Waals surface area contributed by atoms with Crippen LogP contribution in [0.15, 0.2) is 35.7 Å². The first-order valence-electron chi connectivity index (χ1n) is 8.82. The Labute approximate surface area is 161 Å². The molecule has 1 aromatic carbocycles. The molecule has 1 aliphatic heterocycles. The number of carbonyl (C=O) groups is 1. The Balaban J connectivity index is 1.41. The van der Waals surface area contributed by atoms with Gasteiger partial charge in [0.15, 0.2) is 5.78 Å². The van der Waals surface area contributed by atoms with Crippen LogP contribution in [-0.2, 0) is 11.2 Å². The van der Waals surface area contributed by atoms with Gasteiger partial charge in [0.05, 0.1) is 33.7 Å². The summed E-state index contributed by atoms with van der Waals surface area (Å²) in [6.45, 7) is 4.02. The molecule has 0 bridgehead atoms. The zero-order valence-corrected chi connectivity index (χ0v) is 16.5. The molecule has 0 saturated carbocycles. The second-order valence-corrected chi connectivity index (χ2v) is 8.82. The van der Waals surface area contributed by atoms with E-state index >= 15 is 0 Å². The first-order chi connectivity index (χ1) is 12.6. The van der Waals surface area contributed by atoms with Gasteiger partial charge in [0.1, 0.15) is 5.01 Å². The number of hydrogen-bond donors (Lipinski definition) is 1. The molecule has 3 heterocycles. The number of aromatic nitrogens is 2. The highest BCUT2D eigenvalue weighted by atomic mass is 32.1. The van der Waals surface area contributed by atoms with Crippen LogP contribution in [0.4, 0.5) is 0 Å². The van der Waals surface area contributed by atoms with E-state index in [1.54, 1.807) is 22.7 Å². The molecule has 2 atom stereocenters. The predicted molar refractivity (Wildman–Crippen MR) is 107 cm³/mol. The average molecular weight is 384 g/mol. The second kappa shape index (κ2) is 7.39. The Morgan fingerprint density at radius 1 is 1.19 bits per heavy atom. The van der Waals surface area contributed by atoms with E-state index in [0.717, 1.165) is 39.1 Å². The number of Topliss-reactive ketones (excluding diaryl/α,β-unsaturated/α-hetero) is 1. The van der Waals surface area contributed by atoms with Crippen molar-refractivity contribution in [3.05, 3.63) is 57.0 Å². The van der Waals surface area contributed by atoms with Crippen LogP contribution in [0.25, 0.3) is 10.6 Å². The molecule has 2 aromatic heterocycles. The van der Waals surface area contributed by atoms with Gasteiger partial charge in [-0.15, -0.1) is 22.7 Å². The number of thiazole rings is 2. The van der Waals surface area contributed by atoms with Crippen LogP contribution in [0.2, 0.25) is 0 Å². The summed E-state index contributed by atoms with van der Waals surface area (Å²) >= 11 is 3.22. The van der Waals surface area contributed by atoms with E-state index in [0.29, 0.717) is 6.42 Å². The second-order valence-electron chi connectivity index (χ2n) is 6.68. The molecule has 0 amide bonds. The minimum Gasteiger partial charge on any atom is -0.301 e. The first-order valence-corrected chi connectivity index (χ1v) is 10.5. The molecule has 1 saturated heterocycles. The van der Waals surface area contributed by atoms with Crippen molar-refractivity contribution in [2.75, 3.05) is 0 Å². The molecule has 0 unspecified atom stereocenters. The number of aryl methyl sites for hydroxylation is 2. The largest absolute Gasteiger partial charge is 0.301 e. The fraction of sp³-hybridized carbons (Fsp3) is 0.350. The van der Waals surface area contributed by atoms with Crippen molar-refractivity contribution in [2.24, 2.45) is 0 Å². The number of nitrogens with one attached hydrogen (secondary N) is 1. The van der Waals surface area contributed by atoms with E-state index in [4.69, 9.17) is 0 Å². The predicted octanol–water partition coefficient (Wildman–Crippen LogP) is 4.49. The molecule has 134 valence electrons. The van der Waals surface area contributed by atoms with Gasteiger partial charge in [-0.2, -0.15) is 0 Å². The van der Waals surface area contributed by atoms with Gasteiger partial charge >= 0.3 is 0 Å². The van der Waals surface area contributed by atoms with E-state index in [9.17, 15) is 4.79 Å². The molecule has 0 radical (unpaired) electrons. The molecule has 4 nitrogen and oxygen atoms in total. The van der Waals surface area contributed by atoms with Crippen molar-refractivity contribution < 1.29 is 4.79 Å². The van der Waals surface area contributed by atoms with E-state index in [1.807, 2.05) is 37.4 Å². The van der Waals surface area contributed by atoms with Crippen molar-refractivity contribution in [3.63, 3.8) is 0 Å². The van der Waals surface area contributed by atoms with Crippen LogP contribution in [0.1, 0.15) is 40.2 Å². The third kappa shape index (κ3) is 3.63. The summed E-state index contributed by atoms with van der Waals surface area (Å²) in [5.41, 5.74) is 3.22. The van der Waals surface area contributed by atoms with Gasteiger partial charge in [0.25, 0.3) is 0 Å². The van der Waals surface area contributed by atoms with Crippen LogP contribution in [0.3, 0.4) is 0 Å². The summed E-state index contributed by atoms with van der Waals surface area (Å²) < 4.78 is 0. The van der Waals surface area contributed by atoms with Crippen molar-refractivity contribution >= 4 is 28.5 Å². The highest BCUT2D eigenvalue weighted by molar-refractivity contribution is 7.16. The fourth-order valence-corrected chi connectivity index (χ4v) is 5.23. The minimum atomic E-state index is -0.0695. The quantitative estimate of drug-likeness (QED) is 0.705. The van der Waals surface area contributed by atoms with Crippen molar-refractivity contribution in [3.8, 4) is 10.6 Å².